The topological polar surface area (TPSA) is 90.7 Å². The summed E-state index contributed by atoms with van der Waals surface area (Å²) in [5, 5.41) is 2.79. The summed E-state index contributed by atoms with van der Waals surface area (Å²) in [6.45, 7) is 1.96. The summed E-state index contributed by atoms with van der Waals surface area (Å²) in [6.07, 6.45) is 1.35. The van der Waals surface area contributed by atoms with Gasteiger partial charge in [0.15, 0.2) is 11.5 Å². The quantitative estimate of drug-likeness (QED) is 0.617. The van der Waals surface area contributed by atoms with E-state index in [4.69, 9.17) is 15.2 Å². The molecule has 3 aromatic carbocycles. The number of nitrogens with one attached hydrogen (secondary N) is 1. The Morgan fingerprint density at radius 1 is 1.03 bits per heavy atom. The summed E-state index contributed by atoms with van der Waals surface area (Å²) in [7, 11) is 0. The van der Waals surface area contributed by atoms with E-state index in [1.54, 1.807) is 43.3 Å². The number of nitrogens with two attached hydrogens (primary N) is 1. The number of fused-ring (bicyclic) bond motifs is 1. The number of halogens is 1. The van der Waals surface area contributed by atoms with Gasteiger partial charge in [-0.15, -0.1) is 0 Å². The standard InChI is InChI=1S/C25H21FN2O4.H2/c1-14-10-19(26)20(12-18(14)15-2-4-16(5-3-15)23(27)29)28-24(30)25(8-9-25)17-6-7-21-22(11-17)32-13-31-21;/h2-7,10-12H,8-9,13H2,1H3,(H2,27,29)(H,28,30);1H. The molecule has 2 amide bonds. The molecule has 5 rings (SSSR count). The number of carbonyl (C=O) groups excluding carboxylic acids is 2. The minimum absolute atomic E-state index is 0. The molecule has 0 atom stereocenters. The van der Waals surface area contributed by atoms with Gasteiger partial charge in [-0.05, 0) is 78.4 Å². The molecule has 0 unspecified atom stereocenters. The lowest BCUT2D eigenvalue weighted by atomic mass is 9.94. The Hall–Kier alpha value is -3.87. The van der Waals surface area contributed by atoms with Gasteiger partial charge in [0.25, 0.3) is 0 Å². The van der Waals surface area contributed by atoms with Crippen molar-refractivity contribution in [2.75, 3.05) is 12.1 Å². The molecule has 32 heavy (non-hydrogen) atoms. The SMILES string of the molecule is Cc1cc(F)c(NC(=O)C2(c3ccc4c(c3)OCO4)CC2)cc1-c1ccc(C(N)=O)cc1.[HH]. The van der Waals surface area contributed by atoms with Gasteiger partial charge in [-0.3, -0.25) is 9.59 Å². The predicted octanol–water partition coefficient (Wildman–Crippen LogP) is 4.55. The fourth-order valence-corrected chi connectivity index (χ4v) is 4.10. The molecule has 6 nitrogen and oxygen atoms in total. The van der Waals surface area contributed by atoms with Crippen LogP contribution in [0.15, 0.2) is 54.6 Å². The third kappa shape index (κ3) is 3.36. The first-order valence-corrected chi connectivity index (χ1v) is 10.3. The van der Waals surface area contributed by atoms with Gasteiger partial charge in [0, 0.05) is 6.99 Å². The number of amides is 2. The molecule has 1 aliphatic heterocycles. The molecule has 1 saturated carbocycles. The average molecular weight is 434 g/mol. The first-order chi connectivity index (χ1) is 15.4. The van der Waals surface area contributed by atoms with Gasteiger partial charge < -0.3 is 20.5 Å². The van der Waals surface area contributed by atoms with Crippen LogP contribution in [-0.2, 0) is 10.2 Å². The minimum atomic E-state index is -0.707. The van der Waals surface area contributed by atoms with Crippen LogP contribution in [0.5, 0.6) is 11.5 Å². The number of aryl methyl sites for hydroxylation is 1. The lowest BCUT2D eigenvalue weighted by Crippen LogP contribution is -2.28. The molecule has 0 saturated heterocycles. The normalized spacial score (nSPS) is 15.3. The molecule has 1 heterocycles. The zero-order valence-corrected chi connectivity index (χ0v) is 17.4. The molecule has 2 aliphatic rings. The highest BCUT2D eigenvalue weighted by molar-refractivity contribution is 6.02. The van der Waals surface area contributed by atoms with Gasteiger partial charge in [-0.1, -0.05) is 18.2 Å². The minimum Gasteiger partial charge on any atom is -0.454 e. The first kappa shape index (κ1) is 20.1. The molecule has 164 valence electrons. The van der Waals surface area contributed by atoms with Gasteiger partial charge >= 0.3 is 0 Å². The van der Waals surface area contributed by atoms with E-state index in [0.29, 0.717) is 35.5 Å². The molecule has 0 aromatic heterocycles. The van der Waals surface area contributed by atoms with Crippen LogP contribution in [0.4, 0.5) is 10.1 Å². The second kappa shape index (κ2) is 7.37. The van der Waals surface area contributed by atoms with Crippen LogP contribution in [0, 0.1) is 12.7 Å². The Kier molecular flexibility index (Phi) is 4.62. The van der Waals surface area contributed by atoms with Crippen LogP contribution in [-0.4, -0.2) is 18.6 Å². The number of hydrogen-bond donors (Lipinski definition) is 2. The molecule has 3 aromatic rings. The number of primary amides is 1. The molecular formula is C25H23FN2O4. The van der Waals surface area contributed by atoms with Crippen molar-refractivity contribution < 1.29 is 24.9 Å². The molecule has 7 heteroatoms. The van der Waals surface area contributed by atoms with E-state index < -0.39 is 17.1 Å². The summed E-state index contributed by atoms with van der Waals surface area (Å²) >= 11 is 0. The van der Waals surface area contributed by atoms with Crippen molar-refractivity contribution >= 4 is 17.5 Å². The number of anilines is 1. The molecule has 1 aliphatic carbocycles. The van der Waals surface area contributed by atoms with Crippen LogP contribution in [0.2, 0.25) is 0 Å². The third-order valence-electron chi connectivity index (χ3n) is 6.15. The Morgan fingerprint density at radius 2 is 1.75 bits per heavy atom. The van der Waals surface area contributed by atoms with Crippen molar-refractivity contribution in [1.82, 2.24) is 0 Å². The maximum Gasteiger partial charge on any atom is 0.248 e. The fraction of sp³-hybridized carbons (Fsp3) is 0.200. The van der Waals surface area contributed by atoms with E-state index in [9.17, 15) is 14.0 Å². The number of rotatable bonds is 5. The van der Waals surface area contributed by atoms with Gasteiger partial charge in [0.2, 0.25) is 18.6 Å². The number of carbonyl (C=O) groups is 2. The third-order valence-corrected chi connectivity index (χ3v) is 6.15. The number of benzene rings is 3. The average Bonchev–Trinajstić information content (AvgIpc) is 3.46. The smallest absolute Gasteiger partial charge is 0.248 e. The van der Waals surface area contributed by atoms with Gasteiger partial charge in [0.05, 0.1) is 11.1 Å². The van der Waals surface area contributed by atoms with E-state index in [2.05, 4.69) is 5.32 Å². The number of hydrogen-bond acceptors (Lipinski definition) is 4. The zero-order chi connectivity index (χ0) is 22.5. The first-order valence-electron chi connectivity index (χ1n) is 10.3. The number of ether oxygens (including phenoxy) is 2. The maximum atomic E-state index is 14.8. The van der Waals surface area contributed by atoms with Crippen molar-refractivity contribution in [1.29, 1.82) is 0 Å². The van der Waals surface area contributed by atoms with E-state index in [0.717, 1.165) is 16.7 Å². The van der Waals surface area contributed by atoms with Gasteiger partial charge in [-0.25, -0.2) is 4.39 Å². The zero-order valence-electron chi connectivity index (χ0n) is 17.4. The highest BCUT2D eigenvalue weighted by Gasteiger charge is 2.51. The molecule has 0 spiro atoms. The van der Waals surface area contributed by atoms with E-state index >= 15 is 0 Å². The summed E-state index contributed by atoms with van der Waals surface area (Å²) in [5.74, 6) is -0.00566. The Bertz CT molecular complexity index is 1260. The van der Waals surface area contributed by atoms with Crippen molar-refractivity contribution in [2.45, 2.75) is 25.2 Å². The van der Waals surface area contributed by atoms with Crippen LogP contribution in [0.1, 0.15) is 35.8 Å². The van der Waals surface area contributed by atoms with Crippen LogP contribution in [0.3, 0.4) is 0 Å². The van der Waals surface area contributed by atoms with Crippen LogP contribution in [0.25, 0.3) is 11.1 Å². The molecule has 3 N–H and O–H groups in total. The molecule has 0 bridgehead atoms. The Morgan fingerprint density at radius 3 is 2.44 bits per heavy atom. The summed E-state index contributed by atoms with van der Waals surface area (Å²) in [6, 6.07) is 15.2. The van der Waals surface area contributed by atoms with Crippen molar-refractivity contribution in [3.05, 3.63) is 77.1 Å². The predicted molar refractivity (Wildman–Crippen MR) is 119 cm³/mol. The van der Waals surface area contributed by atoms with Crippen molar-refractivity contribution in [2.24, 2.45) is 5.73 Å². The van der Waals surface area contributed by atoms with E-state index in [1.807, 2.05) is 12.1 Å². The Labute approximate surface area is 185 Å². The fourth-order valence-electron chi connectivity index (χ4n) is 4.10. The van der Waals surface area contributed by atoms with Gasteiger partial charge in [0.1, 0.15) is 5.82 Å². The van der Waals surface area contributed by atoms with Crippen LogP contribution >= 0.6 is 0 Å². The second-order valence-electron chi connectivity index (χ2n) is 8.19. The van der Waals surface area contributed by atoms with Crippen LogP contribution < -0.4 is 20.5 Å². The summed E-state index contributed by atoms with van der Waals surface area (Å²) < 4.78 is 25.5. The molecule has 1 fully saturated rings. The van der Waals surface area contributed by atoms with E-state index in [1.165, 1.54) is 6.07 Å². The van der Waals surface area contributed by atoms with E-state index in [-0.39, 0.29) is 19.8 Å². The summed E-state index contributed by atoms with van der Waals surface area (Å²) in [5.41, 5.74) is 8.19. The highest BCUT2D eigenvalue weighted by atomic mass is 19.1. The van der Waals surface area contributed by atoms with Crippen molar-refractivity contribution in [3.63, 3.8) is 0 Å². The Balaban J connectivity index is 0.00000259. The lowest BCUT2D eigenvalue weighted by molar-refractivity contribution is -0.118. The molecular weight excluding hydrogens is 411 g/mol. The lowest BCUT2D eigenvalue weighted by Gasteiger charge is -2.18. The highest BCUT2D eigenvalue weighted by Crippen LogP contribution is 2.51. The second-order valence-corrected chi connectivity index (χ2v) is 8.19. The maximum absolute atomic E-state index is 14.8. The monoisotopic (exact) mass is 434 g/mol. The van der Waals surface area contributed by atoms with Crippen molar-refractivity contribution in [3.8, 4) is 22.6 Å². The van der Waals surface area contributed by atoms with Gasteiger partial charge in [-0.2, -0.15) is 0 Å². The summed E-state index contributed by atoms with van der Waals surface area (Å²) in [4.78, 5) is 24.5. The largest absolute Gasteiger partial charge is 0.454 e. The molecule has 0 radical (unpaired) electrons.